The topological polar surface area (TPSA) is 74.3 Å². The van der Waals surface area contributed by atoms with Crippen LogP contribution < -0.4 is 0 Å². The number of nitrogens with zero attached hydrogens (tertiary/aromatic N) is 2. The third kappa shape index (κ3) is 3.72. The van der Waals surface area contributed by atoms with Crippen molar-refractivity contribution in [3.05, 3.63) is 59.0 Å². The number of furan rings is 1. The van der Waals surface area contributed by atoms with Crippen LogP contribution >= 0.6 is 0 Å². The molecule has 2 rings (SSSR count). The van der Waals surface area contributed by atoms with Crippen molar-refractivity contribution >= 4 is 10.0 Å². The maximum absolute atomic E-state index is 12.4. The number of hydrogen-bond donors (Lipinski definition) is 0. The van der Waals surface area contributed by atoms with Crippen LogP contribution in [0.4, 0.5) is 0 Å². The van der Waals surface area contributed by atoms with Crippen molar-refractivity contribution in [3.8, 4) is 6.07 Å². The van der Waals surface area contributed by atoms with Gasteiger partial charge < -0.3 is 4.42 Å². The Kier molecular flexibility index (Phi) is 4.46. The SMILES string of the molecule is Cc1ccc(CN(C)S(=O)(=O)Cc2ccccc2C#N)o1. The fraction of sp³-hybridized carbons (Fsp3) is 0.267. The third-order valence-electron chi connectivity index (χ3n) is 3.13. The molecule has 0 N–H and O–H groups in total. The van der Waals surface area contributed by atoms with E-state index in [0.29, 0.717) is 16.9 Å². The Morgan fingerprint density at radius 2 is 1.95 bits per heavy atom. The Balaban J connectivity index is 2.16. The Hall–Kier alpha value is -2.10. The smallest absolute Gasteiger partial charge is 0.218 e. The largest absolute Gasteiger partial charge is 0.465 e. The average Bonchev–Trinajstić information content (AvgIpc) is 2.84. The van der Waals surface area contributed by atoms with Crippen LogP contribution in [0.25, 0.3) is 0 Å². The number of benzene rings is 1. The molecule has 6 heteroatoms. The number of rotatable bonds is 5. The Bertz CT molecular complexity index is 772. The summed E-state index contributed by atoms with van der Waals surface area (Å²) in [6, 6.07) is 12.3. The molecule has 0 bridgehead atoms. The highest BCUT2D eigenvalue weighted by molar-refractivity contribution is 7.88. The number of hydrogen-bond acceptors (Lipinski definition) is 4. The molecule has 1 aromatic heterocycles. The van der Waals surface area contributed by atoms with Crippen LogP contribution in [0.3, 0.4) is 0 Å². The first-order chi connectivity index (χ1) is 9.92. The van der Waals surface area contributed by atoms with Gasteiger partial charge in [0.1, 0.15) is 11.5 Å². The van der Waals surface area contributed by atoms with Gasteiger partial charge in [0, 0.05) is 7.05 Å². The monoisotopic (exact) mass is 304 g/mol. The van der Waals surface area contributed by atoms with E-state index in [0.717, 1.165) is 5.76 Å². The average molecular weight is 304 g/mol. The second-order valence-electron chi connectivity index (χ2n) is 4.79. The van der Waals surface area contributed by atoms with Crippen molar-refractivity contribution in [3.63, 3.8) is 0 Å². The summed E-state index contributed by atoms with van der Waals surface area (Å²) >= 11 is 0. The molecule has 2 aromatic rings. The van der Waals surface area contributed by atoms with Gasteiger partial charge in [0.25, 0.3) is 0 Å². The van der Waals surface area contributed by atoms with E-state index in [1.54, 1.807) is 43.3 Å². The lowest BCUT2D eigenvalue weighted by molar-refractivity contribution is 0.397. The minimum absolute atomic E-state index is 0.172. The van der Waals surface area contributed by atoms with E-state index in [9.17, 15) is 8.42 Å². The van der Waals surface area contributed by atoms with E-state index in [-0.39, 0.29) is 12.3 Å². The Morgan fingerprint density at radius 1 is 1.24 bits per heavy atom. The zero-order chi connectivity index (χ0) is 15.5. The van der Waals surface area contributed by atoms with Gasteiger partial charge in [-0.1, -0.05) is 18.2 Å². The molecular weight excluding hydrogens is 288 g/mol. The minimum Gasteiger partial charge on any atom is -0.465 e. The molecule has 0 radical (unpaired) electrons. The lowest BCUT2D eigenvalue weighted by atomic mass is 10.1. The molecule has 5 nitrogen and oxygen atoms in total. The molecule has 0 saturated carbocycles. The number of sulfonamides is 1. The van der Waals surface area contributed by atoms with Gasteiger partial charge >= 0.3 is 0 Å². The molecule has 0 atom stereocenters. The summed E-state index contributed by atoms with van der Waals surface area (Å²) in [6.07, 6.45) is 0. The predicted molar refractivity (Wildman–Crippen MR) is 78.7 cm³/mol. The van der Waals surface area contributed by atoms with E-state index in [1.807, 2.05) is 6.07 Å². The summed E-state index contributed by atoms with van der Waals surface area (Å²) in [7, 11) is -2.01. The molecule has 0 aliphatic rings. The molecule has 0 fully saturated rings. The van der Waals surface area contributed by atoms with Crippen molar-refractivity contribution in [2.45, 2.75) is 19.2 Å². The fourth-order valence-corrected chi connectivity index (χ4v) is 3.14. The molecule has 0 aliphatic carbocycles. The van der Waals surface area contributed by atoms with Gasteiger partial charge in [0.05, 0.1) is 23.9 Å². The van der Waals surface area contributed by atoms with Gasteiger partial charge in [-0.05, 0) is 30.7 Å². The van der Waals surface area contributed by atoms with Crippen LogP contribution in [0, 0.1) is 18.3 Å². The minimum atomic E-state index is -3.51. The Labute approximate surface area is 124 Å². The molecule has 21 heavy (non-hydrogen) atoms. The predicted octanol–water partition coefficient (Wildman–Crippen LogP) is 2.42. The number of nitriles is 1. The Morgan fingerprint density at radius 3 is 2.57 bits per heavy atom. The van der Waals surface area contributed by atoms with Crippen LogP contribution in [-0.2, 0) is 22.3 Å². The summed E-state index contributed by atoms with van der Waals surface area (Å²) in [6.45, 7) is 1.98. The van der Waals surface area contributed by atoms with Crippen molar-refractivity contribution < 1.29 is 12.8 Å². The first-order valence-corrected chi connectivity index (χ1v) is 8.00. The normalized spacial score (nSPS) is 11.5. The summed E-state index contributed by atoms with van der Waals surface area (Å²) < 4.78 is 31.3. The first kappa shape index (κ1) is 15.3. The maximum Gasteiger partial charge on any atom is 0.218 e. The van der Waals surface area contributed by atoms with E-state index in [4.69, 9.17) is 9.68 Å². The van der Waals surface area contributed by atoms with Crippen molar-refractivity contribution in [2.24, 2.45) is 0 Å². The maximum atomic E-state index is 12.4. The van der Waals surface area contributed by atoms with Gasteiger partial charge in [-0.25, -0.2) is 8.42 Å². The number of aryl methyl sites for hydroxylation is 1. The van der Waals surface area contributed by atoms with Crippen LogP contribution in [0.5, 0.6) is 0 Å². The zero-order valence-electron chi connectivity index (χ0n) is 11.9. The van der Waals surface area contributed by atoms with Crippen LogP contribution in [0.1, 0.15) is 22.6 Å². The van der Waals surface area contributed by atoms with E-state index in [2.05, 4.69) is 0 Å². The lowest BCUT2D eigenvalue weighted by Gasteiger charge is -2.16. The van der Waals surface area contributed by atoms with E-state index in [1.165, 1.54) is 11.4 Å². The molecular formula is C15H16N2O3S. The zero-order valence-corrected chi connectivity index (χ0v) is 12.7. The van der Waals surface area contributed by atoms with Gasteiger partial charge in [-0.3, -0.25) is 0 Å². The van der Waals surface area contributed by atoms with Crippen molar-refractivity contribution in [2.75, 3.05) is 7.05 Å². The van der Waals surface area contributed by atoms with E-state index < -0.39 is 10.0 Å². The quantitative estimate of drug-likeness (QED) is 0.850. The molecule has 1 heterocycles. The van der Waals surface area contributed by atoms with Gasteiger partial charge in [-0.2, -0.15) is 9.57 Å². The highest BCUT2D eigenvalue weighted by Gasteiger charge is 2.21. The third-order valence-corrected chi connectivity index (χ3v) is 4.88. The first-order valence-electron chi connectivity index (χ1n) is 6.40. The van der Waals surface area contributed by atoms with Gasteiger partial charge in [0.2, 0.25) is 10.0 Å². The van der Waals surface area contributed by atoms with Crippen LogP contribution in [-0.4, -0.2) is 19.8 Å². The molecule has 0 saturated heterocycles. The van der Waals surface area contributed by atoms with Gasteiger partial charge in [0.15, 0.2) is 0 Å². The summed E-state index contributed by atoms with van der Waals surface area (Å²) in [5.41, 5.74) is 0.880. The molecule has 0 aliphatic heterocycles. The van der Waals surface area contributed by atoms with Crippen LogP contribution in [0.15, 0.2) is 40.8 Å². The second kappa shape index (κ2) is 6.12. The highest BCUT2D eigenvalue weighted by atomic mass is 32.2. The summed E-state index contributed by atoms with van der Waals surface area (Å²) in [5.74, 6) is 1.13. The fourth-order valence-electron chi connectivity index (χ4n) is 1.95. The molecule has 0 amide bonds. The molecule has 0 spiro atoms. The van der Waals surface area contributed by atoms with Crippen molar-refractivity contribution in [1.29, 1.82) is 5.26 Å². The van der Waals surface area contributed by atoms with E-state index >= 15 is 0 Å². The summed E-state index contributed by atoms with van der Waals surface area (Å²) in [5, 5.41) is 9.02. The van der Waals surface area contributed by atoms with Crippen molar-refractivity contribution in [1.82, 2.24) is 4.31 Å². The van der Waals surface area contributed by atoms with Gasteiger partial charge in [-0.15, -0.1) is 0 Å². The standard InChI is InChI=1S/C15H16N2O3S/c1-12-7-8-15(20-12)10-17(2)21(18,19)11-14-6-4-3-5-13(14)9-16/h3-8H,10-11H2,1-2H3. The summed E-state index contributed by atoms with van der Waals surface area (Å²) in [4.78, 5) is 0. The lowest BCUT2D eigenvalue weighted by Crippen LogP contribution is -2.27. The second-order valence-corrected chi connectivity index (χ2v) is 6.87. The molecule has 0 unspecified atom stereocenters. The van der Waals surface area contributed by atoms with Crippen LogP contribution in [0.2, 0.25) is 0 Å². The highest BCUT2D eigenvalue weighted by Crippen LogP contribution is 2.16. The molecule has 110 valence electrons. The molecule has 1 aromatic carbocycles.